The summed E-state index contributed by atoms with van der Waals surface area (Å²) in [4.78, 5) is 19.3. The highest BCUT2D eigenvalue weighted by molar-refractivity contribution is 6.01. The van der Waals surface area contributed by atoms with Gasteiger partial charge in [0.15, 0.2) is 5.82 Å². The maximum Gasteiger partial charge on any atom is 0.391 e. The van der Waals surface area contributed by atoms with E-state index >= 15 is 0 Å². The first-order valence-electron chi connectivity index (χ1n) is 11.7. The number of nitrogens with zero attached hydrogens (tertiary/aromatic N) is 2. The molecule has 190 valence electrons. The SMILES string of the molecule is Nc1cc(C(=O)NC2CCC(C(F)(F)F)CC2)c(N2CCC(C(F)(F)F)CC2)nc1NC1CC1. The summed E-state index contributed by atoms with van der Waals surface area (Å²) in [6.45, 7) is 0.169. The first-order valence-corrected chi connectivity index (χ1v) is 11.7. The van der Waals surface area contributed by atoms with Crippen molar-refractivity contribution < 1.29 is 31.1 Å². The number of nitrogens with two attached hydrogens (primary N) is 1. The highest BCUT2D eigenvalue weighted by Crippen LogP contribution is 2.39. The number of piperidine rings is 1. The maximum absolute atomic E-state index is 13.1. The highest BCUT2D eigenvalue weighted by atomic mass is 19.4. The molecule has 34 heavy (non-hydrogen) atoms. The van der Waals surface area contributed by atoms with E-state index in [1.165, 1.54) is 6.07 Å². The summed E-state index contributed by atoms with van der Waals surface area (Å²) in [5, 5.41) is 5.97. The quantitative estimate of drug-likeness (QED) is 0.510. The Labute approximate surface area is 193 Å². The maximum atomic E-state index is 13.1. The number of alkyl halides is 6. The second kappa shape index (κ2) is 9.33. The zero-order valence-electron chi connectivity index (χ0n) is 18.6. The molecule has 0 atom stereocenters. The van der Waals surface area contributed by atoms with Gasteiger partial charge in [-0.25, -0.2) is 4.98 Å². The summed E-state index contributed by atoms with van der Waals surface area (Å²) in [7, 11) is 0. The molecule has 3 aliphatic rings. The predicted molar refractivity (Wildman–Crippen MR) is 116 cm³/mol. The molecular formula is C22H29F6N5O. The van der Waals surface area contributed by atoms with E-state index in [-0.39, 0.29) is 74.7 Å². The number of halogens is 6. The number of nitrogens with one attached hydrogen (secondary N) is 2. The first-order chi connectivity index (χ1) is 15.9. The summed E-state index contributed by atoms with van der Waals surface area (Å²) < 4.78 is 78.2. The van der Waals surface area contributed by atoms with Gasteiger partial charge in [0.1, 0.15) is 5.82 Å². The van der Waals surface area contributed by atoms with Gasteiger partial charge in [0.25, 0.3) is 5.91 Å². The van der Waals surface area contributed by atoms with Crippen LogP contribution >= 0.6 is 0 Å². The van der Waals surface area contributed by atoms with Gasteiger partial charge in [-0.05, 0) is 57.4 Å². The third-order valence-corrected chi connectivity index (χ3v) is 6.98. The van der Waals surface area contributed by atoms with Crippen molar-refractivity contribution in [3.05, 3.63) is 11.6 Å². The smallest absolute Gasteiger partial charge is 0.391 e. The zero-order chi connectivity index (χ0) is 24.7. The summed E-state index contributed by atoms with van der Waals surface area (Å²) in [6.07, 6.45) is -6.53. The summed E-state index contributed by atoms with van der Waals surface area (Å²) in [5.41, 5.74) is 6.48. The second-order valence-corrected chi connectivity index (χ2v) is 9.58. The van der Waals surface area contributed by atoms with Crippen LogP contribution in [0.1, 0.15) is 61.7 Å². The second-order valence-electron chi connectivity index (χ2n) is 9.58. The van der Waals surface area contributed by atoms with Crippen LogP contribution in [0.4, 0.5) is 43.7 Å². The predicted octanol–water partition coefficient (Wildman–Crippen LogP) is 4.87. The van der Waals surface area contributed by atoms with Crippen molar-refractivity contribution in [1.82, 2.24) is 10.3 Å². The molecule has 2 aliphatic carbocycles. The molecule has 1 aromatic rings. The lowest BCUT2D eigenvalue weighted by atomic mass is 9.85. The average Bonchev–Trinajstić information content (AvgIpc) is 3.58. The molecule has 0 spiro atoms. The Bertz CT molecular complexity index is 885. The fourth-order valence-corrected chi connectivity index (χ4v) is 4.71. The standard InChI is InChI=1S/C22H29F6N5O/c23-21(24,25)12-1-3-15(4-2-12)31-20(34)16-11-17(29)18(30-14-5-6-14)32-19(16)33-9-7-13(8-10-33)22(26,27)28/h11-15H,1-10,29H2,(H,30,32)(H,31,34). The number of hydrogen-bond acceptors (Lipinski definition) is 5. The number of carbonyl (C=O) groups excluding carboxylic acids is 1. The fourth-order valence-electron chi connectivity index (χ4n) is 4.71. The highest BCUT2D eigenvalue weighted by Gasteiger charge is 2.43. The molecule has 4 N–H and O–H groups in total. The molecule has 1 aromatic heterocycles. The Kier molecular flexibility index (Phi) is 6.78. The Balaban J connectivity index is 1.50. The van der Waals surface area contributed by atoms with Gasteiger partial charge in [0.2, 0.25) is 0 Å². The number of carbonyl (C=O) groups is 1. The summed E-state index contributed by atoms with van der Waals surface area (Å²) >= 11 is 0. The molecule has 2 saturated carbocycles. The summed E-state index contributed by atoms with van der Waals surface area (Å²) in [6, 6.07) is 1.27. The van der Waals surface area contributed by atoms with Crippen LogP contribution < -0.4 is 21.3 Å². The van der Waals surface area contributed by atoms with E-state index in [1.54, 1.807) is 4.90 Å². The number of anilines is 3. The molecule has 1 amide bonds. The van der Waals surface area contributed by atoms with Crippen molar-refractivity contribution >= 4 is 23.2 Å². The Morgan fingerprint density at radius 1 is 0.882 bits per heavy atom. The third-order valence-electron chi connectivity index (χ3n) is 6.98. The van der Waals surface area contributed by atoms with E-state index < -0.39 is 36.1 Å². The zero-order valence-corrected chi connectivity index (χ0v) is 18.6. The van der Waals surface area contributed by atoms with Gasteiger partial charge in [-0.1, -0.05) is 0 Å². The van der Waals surface area contributed by atoms with Gasteiger partial charge < -0.3 is 21.3 Å². The van der Waals surface area contributed by atoms with Gasteiger partial charge in [-0.2, -0.15) is 26.3 Å². The van der Waals surface area contributed by atoms with Crippen LogP contribution in [0.5, 0.6) is 0 Å². The molecule has 0 radical (unpaired) electrons. The monoisotopic (exact) mass is 493 g/mol. The number of amides is 1. The number of pyridine rings is 1. The molecule has 4 rings (SSSR count). The van der Waals surface area contributed by atoms with Crippen LogP contribution in [0, 0.1) is 11.8 Å². The normalized spacial score (nSPS) is 24.7. The minimum Gasteiger partial charge on any atom is -0.396 e. The van der Waals surface area contributed by atoms with Crippen LogP contribution in [-0.4, -0.2) is 48.4 Å². The number of hydrogen-bond donors (Lipinski definition) is 3. The molecule has 3 fully saturated rings. The molecular weight excluding hydrogens is 464 g/mol. The molecule has 0 bridgehead atoms. The largest absolute Gasteiger partial charge is 0.396 e. The van der Waals surface area contributed by atoms with E-state index in [1.807, 2.05) is 0 Å². The van der Waals surface area contributed by atoms with E-state index in [0.717, 1.165) is 12.8 Å². The van der Waals surface area contributed by atoms with Gasteiger partial charge >= 0.3 is 12.4 Å². The average molecular weight is 493 g/mol. The lowest BCUT2D eigenvalue weighted by molar-refractivity contribution is -0.182. The fraction of sp³-hybridized carbons (Fsp3) is 0.727. The number of aromatic nitrogens is 1. The topological polar surface area (TPSA) is 83.3 Å². The Hall–Kier alpha value is -2.40. The Morgan fingerprint density at radius 3 is 1.94 bits per heavy atom. The minimum absolute atomic E-state index is 0.0586. The molecule has 0 aromatic carbocycles. The van der Waals surface area contributed by atoms with Crippen LogP contribution in [-0.2, 0) is 0 Å². The van der Waals surface area contributed by atoms with Gasteiger partial charge in [0.05, 0.1) is 23.1 Å². The van der Waals surface area contributed by atoms with Crippen molar-refractivity contribution in [2.24, 2.45) is 11.8 Å². The molecule has 2 heterocycles. The first kappa shape index (κ1) is 24.7. The number of nitrogen functional groups attached to an aromatic ring is 1. The lowest BCUT2D eigenvalue weighted by Crippen LogP contribution is -2.42. The molecule has 1 saturated heterocycles. The van der Waals surface area contributed by atoms with Crippen LogP contribution in [0.15, 0.2) is 6.07 Å². The molecule has 0 unspecified atom stereocenters. The van der Waals surface area contributed by atoms with Gasteiger partial charge in [-0.3, -0.25) is 4.79 Å². The van der Waals surface area contributed by atoms with Gasteiger partial charge in [0, 0.05) is 25.2 Å². The van der Waals surface area contributed by atoms with Crippen molar-refractivity contribution in [2.75, 3.05) is 29.0 Å². The summed E-state index contributed by atoms with van der Waals surface area (Å²) in [5.74, 6) is -2.66. The van der Waals surface area contributed by atoms with E-state index in [9.17, 15) is 31.1 Å². The van der Waals surface area contributed by atoms with Gasteiger partial charge in [-0.15, -0.1) is 0 Å². The van der Waals surface area contributed by atoms with Crippen molar-refractivity contribution in [3.63, 3.8) is 0 Å². The van der Waals surface area contributed by atoms with E-state index in [4.69, 9.17) is 5.73 Å². The third kappa shape index (κ3) is 5.80. The van der Waals surface area contributed by atoms with Crippen molar-refractivity contribution in [2.45, 2.75) is 75.8 Å². The lowest BCUT2D eigenvalue weighted by Gasteiger charge is -2.35. The van der Waals surface area contributed by atoms with Crippen LogP contribution in [0.25, 0.3) is 0 Å². The Morgan fingerprint density at radius 2 is 1.41 bits per heavy atom. The molecule has 12 heteroatoms. The molecule has 6 nitrogen and oxygen atoms in total. The number of rotatable bonds is 5. The van der Waals surface area contributed by atoms with E-state index in [2.05, 4.69) is 15.6 Å². The van der Waals surface area contributed by atoms with Crippen LogP contribution in [0.2, 0.25) is 0 Å². The van der Waals surface area contributed by atoms with Crippen LogP contribution in [0.3, 0.4) is 0 Å². The van der Waals surface area contributed by atoms with E-state index in [0.29, 0.717) is 5.82 Å². The van der Waals surface area contributed by atoms with Crippen molar-refractivity contribution in [1.29, 1.82) is 0 Å². The minimum atomic E-state index is -4.27. The van der Waals surface area contributed by atoms with Crippen molar-refractivity contribution in [3.8, 4) is 0 Å². The molecule has 1 aliphatic heterocycles.